The highest BCUT2D eigenvalue weighted by molar-refractivity contribution is 6.27. The van der Waals surface area contributed by atoms with Gasteiger partial charge >= 0.3 is 0 Å². The van der Waals surface area contributed by atoms with Crippen molar-refractivity contribution in [3.63, 3.8) is 0 Å². The summed E-state index contributed by atoms with van der Waals surface area (Å²) in [6.45, 7) is 9.41. The van der Waals surface area contributed by atoms with Gasteiger partial charge in [0.25, 0.3) is 0 Å². The van der Waals surface area contributed by atoms with Crippen LogP contribution in [0.5, 0.6) is 0 Å². The van der Waals surface area contributed by atoms with Gasteiger partial charge in [0.1, 0.15) is 22.3 Å². The molecule has 2 aromatic heterocycles. The number of nitrogens with zero attached hydrogens (tertiary/aromatic N) is 1. The monoisotopic (exact) mass is 885 g/mol. The first kappa shape index (κ1) is 39.7. The van der Waals surface area contributed by atoms with E-state index in [1.165, 1.54) is 61.2 Å². The highest BCUT2D eigenvalue weighted by atomic mass is 16.3. The molecule has 0 aliphatic heterocycles. The minimum atomic E-state index is -0.134. The number of anilines is 3. The van der Waals surface area contributed by atoms with Crippen LogP contribution in [0, 0.1) is 0 Å². The van der Waals surface area contributed by atoms with Gasteiger partial charge in [0.05, 0.1) is 0 Å². The van der Waals surface area contributed by atoms with Crippen molar-refractivity contribution < 1.29 is 8.83 Å². The van der Waals surface area contributed by atoms with Gasteiger partial charge in [0.2, 0.25) is 0 Å². The van der Waals surface area contributed by atoms with Crippen molar-refractivity contribution in [2.45, 2.75) is 38.5 Å². The van der Waals surface area contributed by atoms with Crippen LogP contribution >= 0.6 is 0 Å². The van der Waals surface area contributed by atoms with E-state index in [2.05, 4.69) is 239 Å². The molecular weight excluding hydrogens is 839 g/mol. The van der Waals surface area contributed by atoms with Gasteiger partial charge in [-0.2, -0.15) is 0 Å². The molecule has 2 aliphatic carbocycles. The fraction of sp³-hybridized carbons (Fsp3) is 0.0909. The van der Waals surface area contributed by atoms with E-state index in [1.807, 2.05) is 6.07 Å². The molecule has 14 rings (SSSR count). The molecule has 12 aromatic rings. The maximum absolute atomic E-state index is 7.01. The normalized spacial score (nSPS) is 14.0. The zero-order chi connectivity index (χ0) is 46.2. The van der Waals surface area contributed by atoms with E-state index in [9.17, 15) is 0 Å². The Morgan fingerprint density at radius 1 is 0.304 bits per heavy atom. The van der Waals surface area contributed by atoms with Crippen LogP contribution in [-0.4, -0.2) is 0 Å². The summed E-state index contributed by atoms with van der Waals surface area (Å²) in [6, 6.07) is 77.6. The quantitative estimate of drug-likeness (QED) is 0.167. The van der Waals surface area contributed by atoms with Gasteiger partial charge in [0, 0.05) is 55.0 Å². The fourth-order valence-electron chi connectivity index (χ4n) is 12.0. The van der Waals surface area contributed by atoms with Crippen LogP contribution in [0.25, 0.3) is 99.5 Å². The predicted molar refractivity (Wildman–Crippen MR) is 287 cm³/mol. The third-order valence-electron chi connectivity index (χ3n) is 15.5. The Hall–Kier alpha value is -8.40. The van der Waals surface area contributed by atoms with Crippen molar-refractivity contribution in [2.24, 2.45) is 0 Å². The summed E-state index contributed by atoms with van der Waals surface area (Å²) in [5.41, 5.74) is 24.0. The summed E-state index contributed by atoms with van der Waals surface area (Å²) in [6.07, 6.45) is 0. The molecule has 2 aliphatic rings. The van der Waals surface area contributed by atoms with Gasteiger partial charge in [0.15, 0.2) is 0 Å². The first-order chi connectivity index (χ1) is 33.7. The fourth-order valence-corrected chi connectivity index (χ4v) is 12.0. The summed E-state index contributed by atoms with van der Waals surface area (Å²) in [5, 5.41) is 4.32. The molecule has 0 spiro atoms. The molecule has 69 heavy (non-hydrogen) atoms. The first-order valence-corrected chi connectivity index (χ1v) is 24.1. The molecule has 0 fully saturated rings. The zero-order valence-electron chi connectivity index (χ0n) is 39.0. The second-order valence-electron chi connectivity index (χ2n) is 20.0. The second kappa shape index (κ2) is 14.6. The lowest BCUT2D eigenvalue weighted by Gasteiger charge is -2.28. The smallest absolute Gasteiger partial charge is 0.143 e. The summed E-state index contributed by atoms with van der Waals surface area (Å²) in [5.74, 6) is 0. The highest BCUT2D eigenvalue weighted by Gasteiger charge is 2.37. The van der Waals surface area contributed by atoms with Gasteiger partial charge in [-0.3, -0.25) is 0 Å². The third kappa shape index (κ3) is 5.87. The van der Waals surface area contributed by atoms with E-state index in [0.29, 0.717) is 0 Å². The first-order valence-electron chi connectivity index (χ1n) is 24.1. The van der Waals surface area contributed by atoms with Crippen molar-refractivity contribution >= 4 is 60.9 Å². The minimum absolute atomic E-state index is 0.124. The Bertz CT molecular complexity index is 4050. The molecule has 3 nitrogen and oxygen atoms in total. The maximum atomic E-state index is 7.01. The minimum Gasteiger partial charge on any atom is -0.456 e. The zero-order valence-corrected chi connectivity index (χ0v) is 39.0. The number of fused-ring (bicyclic) bond motifs is 13. The van der Waals surface area contributed by atoms with Crippen LogP contribution in [-0.2, 0) is 10.8 Å². The molecule has 0 saturated heterocycles. The molecule has 0 amide bonds. The summed E-state index contributed by atoms with van der Waals surface area (Å²) >= 11 is 0. The van der Waals surface area contributed by atoms with Crippen molar-refractivity contribution in [2.75, 3.05) is 4.90 Å². The Balaban J connectivity index is 0.948. The molecule has 2 heterocycles. The van der Waals surface area contributed by atoms with E-state index in [-0.39, 0.29) is 10.8 Å². The van der Waals surface area contributed by atoms with Gasteiger partial charge in [-0.15, -0.1) is 0 Å². The van der Waals surface area contributed by atoms with E-state index >= 15 is 0 Å². The molecule has 10 aromatic carbocycles. The van der Waals surface area contributed by atoms with Crippen molar-refractivity contribution in [1.82, 2.24) is 0 Å². The SMILES string of the molecule is CC1(C)c2ccccc2-c2ccc(-c3cc(-c4ccc(N(c5ccc(-c6ccccc6)cc5)c5ccc6c(c5)C(C)(C)c5ccccc5-6)cc4)c4oc5ccc6oc7ccccc7c6c5c4c3)cc21. The average Bonchev–Trinajstić information content (AvgIpc) is 4.09. The average molecular weight is 886 g/mol. The number of benzene rings is 10. The third-order valence-corrected chi connectivity index (χ3v) is 15.5. The molecule has 3 heteroatoms. The number of hydrogen-bond donors (Lipinski definition) is 0. The van der Waals surface area contributed by atoms with E-state index in [0.717, 1.165) is 77.6 Å². The predicted octanol–water partition coefficient (Wildman–Crippen LogP) is 18.6. The molecule has 0 bridgehead atoms. The van der Waals surface area contributed by atoms with Crippen LogP contribution < -0.4 is 4.90 Å². The van der Waals surface area contributed by atoms with E-state index in [1.54, 1.807) is 0 Å². The van der Waals surface area contributed by atoms with Crippen LogP contribution in [0.4, 0.5) is 17.1 Å². The van der Waals surface area contributed by atoms with Gasteiger partial charge < -0.3 is 13.7 Å². The Morgan fingerprint density at radius 2 is 0.812 bits per heavy atom. The molecule has 0 saturated carbocycles. The van der Waals surface area contributed by atoms with E-state index in [4.69, 9.17) is 8.83 Å². The Morgan fingerprint density at radius 3 is 1.51 bits per heavy atom. The molecule has 328 valence electrons. The second-order valence-corrected chi connectivity index (χ2v) is 20.0. The van der Waals surface area contributed by atoms with Crippen molar-refractivity contribution in [3.05, 3.63) is 235 Å². The summed E-state index contributed by atoms with van der Waals surface area (Å²) in [7, 11) is 0. The lowest BCUT2D eigenvalue weighted by atomic mass is 9.81. The van der Waals surface area contributed by atoms with Crippen molar-refractivity contribution in [1.29, 1.82) is 0 Å². The maximum Gasteiger partial charge on any atom is 0.143 e. The van der Waals surface area contributed by atoms with Crippen LogP contribution in [0.3, 0.4) is 0 Å². The number of rotatable bonds is 6. The molecular formula is C66H47NO2. The number of furan rings is 2. The number of hydrogen-bond acceptors (Lipinski definition) is 3. The Kier molecular flexibility index (Phi) is 8.38. The molecule has 0 radical (unpaired) electrons. The molecule has 0 atom stereocenters. The van der Waals surface area contributed by atoms with Crippen LogP contribution in [0.15, 0.2) is 221 Å². The van der Waals surface area contributed by atoms with Crippen LogP contribution in [0.1, 0.15) is 49.9 Å². The van der Waals surface area contributed by atoms with Gasteiger partial charge in [-0.05, 0) is 145 Å². The van der Waals surface area contributed by atoms with Crippen molar-refractivity contribution in [3.8, 4) is 55.6 Å². The van der Waals surface area contributed by atoms with Gasteiger partial charge in [-0.1, -0.05) is 167 Å². The topological polar surface area (TPSA) is 29.5 Å². The molecule has 0 N–H and O–H groups in total. The van der Waals surface area contributed by atoms with Crippen LogP contribution in [0.2, 0.25) is 0 Å². The summed E-state index contributed by atoms with van der Waals surface area (Å²) in [4.78, 5) is 2.40. The number of para-hydroxylation sites is 1. The standard InChI is InChI=1S/C66H47NO2/c1-65(2)55-19-11-8-16-48(55)50-32-26-43(38-57(50)65)44-36-53(64-54(37-44)63-61(69-64)35-34-60-62(63)52-18-10-13-21-59(52)68-60)42-24-29-46(30-25-42)67(45-27-22-41(23-28-45)40-14-6-5-7-15-40)47-31-33-51-49-17-9-12-20-56(49)66(3,4)58(51)39-47/h5-39H,1-4H3. The van der Waals surface area contributed by atoms with E-state index < -0.39 is 0 Å². The molecule has 0 unspecified atom stereocenters. The lowest BCUT2D eigenvalue weighted by molar-refractivity contribution is 0.660. The largest absolute Gasteiger partial charge is 0.456 e. The van der Waals surface area contributed by atoms with Gasteiger partial charge in [-0.25, -0.2) is 0 Å². The summed E-state index contributed by atoms with van der Waals surface area (Å²) < 4.78 is 13.5. The lowest BCUT2D eigenvalue weighted by Crippen LogP contribution is -2.16. The highest BCUT2D eigenvalue weighted by Crippen LogP contribution is 2.53. The Labute approximate surface area is 401 Å².